The second-order valence-corrected chi connectivity index (χ2v) is 6.50. The van der Waals surface area contributed by atoms with Gasteiger partial charge in [-0.25, -0.2) is 4.79 Å². The third kappa shape index (κ3) is 6.74. The lowest BCUT2D eigenvalue weighted by Crippen LogP contribution is -2.21. The number of carbonyl (C=O) groups is 1. The van der Waals surface area contributed by atoms with Crippen molar-refractivity contribution in [1.29, 1.82) is 0 Å². The van der Waals surface area contributed by atoms with Crippen molar-refractivity contribution in [3.8, 4) is 47.0 Å². The maximum atomic E-state index is 12.7. The minimum absolute atomic E-state index is 0.0577. The predicted molar refractivity (Wildman–Crippen MR) is 113 cm³/mol. The normalized spacial score (nSPS) is 10.9. The standard InChI is InChI=1S/C21H19F3N4O8/c1-30-13-8-14(31-2)26-19(25-13)35-11-6-5-7-12(17(11)18(29)34-10-21(22,23)24)36-20-27-15(32-3)9-16(28-20)33-4/h5-9H,10H2,1-4H3. The van der Waals surface area contributed by atoms with E-state index in [1.54, 1.807) is 0 Å². The largest absolute Gasteiger partial charge is 0.481 e. The molecule has 192 valence electrons. The number of esters is 1. The molecule has 0 spiro atoms. The zero-order valence-corrected chi connectivity index (χ0v) is 19.3. The lowest BCUT2D eigenvalue weighted by molar-refractivity contribution is -0.161. The number of rotatable bonds is 10. The molecule has 0 bridgehead atoms. The van der Waals surface area contributed by atoms with Crippen LogP contribution in [0.25, 0.3) is 0 Å². The van der Waals surface area contributed by atoms with E-state index in [0.29, 0.717) is 0 Å². The van der Waals surface area contributed by atoms with Gasteiger partial charge >= 0.3 is 24.2 Å². The van der Waals surface area contributed by atoms with Crippen LogP contribution in [0.4, 0.5) is 13.2 Å². The first-order valence-corrected chi connectivity index (χ1v) is 9.82. The van der Waals surface area contributed by atoms with Crippen LogP contribution in [0.5, 0.6) is 47.0 Å². The van der Waals surface area contributed by atoms with Gasteiger partial charge in [-0.15, -0.1) is 0 Å². The Labute approximate surface area is 201 Å². The molecule has 0 amide bonds. The number of hydrogen-bond donors (Lipinski definition) is 0. The summed E-state index contributed by atoms with van der Waals surface area (Å²) in [5.74, 6) is -1.79. The first-order valence-electron chi connectivity index (χ1n) is 9.82. The van der Waals surface area contributed by atoms with Crippen molar-refractivity contribution < 1.29 is 51.1 Å². The summed E-state index contributed by atoms with van der Waals surface area (Å²) in [4.78, 5) is 28.6. The van der Waals surface area contributed by atoms with Gasteiger partial charge in [-0.2, -0.15) is 33.1 Å². The summed E-state index contributed by atoms with van der Waals surface area (Å²) >= 11 is 0. The maximum Gasteiger partial charge on any atom is 0.422 e. The van der Waals surface area contributed by atoms with Gasteiger partial charge in [0.25, 0.3) is 0 Å². The summed E-state index contributed by atoms with van der Waals surface area (Å²) in [5, 5.41) is 0. The minimum Gasteiger partial charge on any atom is -0.481 e. The number of carbonyl (C=O) groups excluding carboxylic acids is 1. The Morgan fingerprint density at radius 1 is 0.750 bits per heavy atom. The van der Waals surface area contributed by atoms with E-state index >= 15 is 0 Å². The van der Waals surface area contributed by atoms with E-state index in [1.807, 2.05) is 0 Å². The van der Waals surface area contributed by atoms with Crippen molar-refractivity contribution in [3.05, 3.63) is 35.9 Å². The Morgan fingerprint density at radius 3 is 1.47 bits per heavy atom. The van der Waals surface area contributed by atoms with Crippen molar-refractivity contribution in [2.75, 3.05) is 35.0 Å². The molecule has 0 atom stereocenters. The number of alkyl halides is 3. The van der Waals surface area contributed by atoms with E-state index in [1.165, 1.54) is 58.8 Å². The van der Waals surface area contributed by atoms with Crippen LogP contribution in [0.1, 0.15) is 10.4 Å². The molecule has 0 fully saturated rings. The molecule has 0 N–H and O–H groups in total. The Hall–Kier alpha value is -4.56. The third-order valence-electron chi connectivity index (χ3n) is 4.12. The number of benzene rings is 1. The summed E-state index contributed by atoms with van der Waals surface area (Å²) in [6, 6.07) is 5.95. The second-order valence-electron chi connectivity index (χ2n) is 6.50. The fourth-order valence-electron chi connectivity index (χ4n) is 2.58. The number of aromatic nitrogens is 4. The van der Waals surface area contributed by atoms with E-state index in [4.69, 9.17) is 28.4 Å². The highest BCUT2D eigenvalue weighted by Gasteiger charge is 2.32. The van der Waals surface area contributed by atoms with Crippen molar-refractivity contribution in [1.82, 2.24) is 19.9 Å². The van der Waals surface area contributed by atoms with Gasteiger partial charge in [-0.05, 0) is 12.1 Å². The van der Waals surface area contributed by atoms with Crippen LogP contribution in [0, 0.1) is 0 Å². The molecule has 3 aromatic rings. The molecule has 0 unspecified atom stereocenters. The van der Waals surface area contributed by atoms with Crippen LogP contribution in [0.15, 0.2) is 30.3 Å². The topological polar surface area (TPSA) is 133 Å². The highest BCUT2D eigenvalue weighted by atomic mass is 19.4. The Bertz CT molecular complexity index is 1110. The summed E-state index contributed by atoms with van der Waals surface area (Å²) < 4.78 is 73.9. The van der Waals surface area contributed by atoms with Crippen LogP contribution in [0.2, 0.25) is 0 Å². The van der Waals surface area contributed by atoms with Crippen LogP contribution >= 0.6 is 0 Å². The molecule has 36 heavy (non-hydrogen) atoms. The summed E-state index contributed by atoms with van der Waals surface area (Å²) in [6.45, 7) is -1.85. The number of methoxy groups -OCH3 is 4. The fourth-order valence-corrected chi connectivity index (χ4v) is 2.58. The van der Waals surface area contributed by atoms with Crippen LogP contribution < -0.4 is 28.4 Å². The van der Waals surface area contributed by atoms with Crippen molar-refractivity contribution in [2.24, 2.45) is 0 Å². The zero-order valence-electron chi connectivity index (χ0n) is 19.3. The second kappa shape index (κ2) is 11.2. The molecular formula is C21H19F3N4O8. The summed E-state index contributed by atoms with van der Waals surface area (Å²) in [5.41, 5.74) is -0.530. The molecule has 0 aliphatic rings. The predicted octanol–water partition coefficient (Wildman–Crippen LogP) is 3.60. The average Bonchev–Trinajstić information content (AvgIpc) is 2.86. The van der Waals surface area contributed by atoms with E-state index in [0.717, 1.165) is 0 Å². The van der Waals surface area contributed by atoms with Gasteiger partial charge in [-0.3, -0.25) is 0 Å². The number of ether oxygens (including phenoxy) is 7. The van der Waals surface area contributed by atoms with Crippen LogP contribution in [-0.2, 0) is 4.74 Å². The Morgan fingerprint density at radius 2 is 1.14 bits per heavy atom. The SMILES string of the molecule is COc1cc(OC)nc(Oc2cccc(Oc3nc(OC)cc(OC)n3)c2C(=O)OCC(F)(F)F)n1. The van der Waals surface area contributed by atoms with Gasteiger partial charge in [0.1, 0.15) is 17.1 Å². The van der Waals surface area contributed by atoms with Crippen molar-refractivity contribution in [3.63, 3.8) is 0 Å². The maximum absolute atomic E-state index is 12.7. The molecule has 0 aliphatic carbocycles. The van der Waals surface area contributed by atoms with Gasteiger partial charge < -0.3 is 33.2 Å². The summed E-state index contributed by atoms with van der Waals surface area (Å²) in [7, 11) is 5.34. The summed E-state index contributed by atoms with van der Waals surface area (Å²) in [6.07, 6.45) is -4.78. The molecule has 0 saturated heterocycles. The van der Waals surface area contributed by atoms with Gasteiger partial charge in [-0.1, -0.05) is 6.07 Å². The highest BCUT2D eigenvalue weighted by Crippen LogP contribution is 2.35. The van der Waals surface area contributed by atoms with Gasteiger partial charge in [0.2, 0.25) is 23.5 Å². The van der Waals surface area contributed by atoms with E-state index in [9.17, 15) is 18.0 Å². The number of halogens is 3. The molecule has 3 rings (SSSR count). The number of hydrogen-bond acceptors (Lipinski definition) is 12. The molecule has 15 heteroatoms. The average molecular weight is 512 g/mol. The van der Waals surface area contributed by atoms with Crippen molar-refractivity contribution >= 4 is 5.97 Å². The molecule has 0 radical (unpaired) electrons. The molecular weight excluding hydrogens is 493 g/mol. The molecule has 1 aromatic carbocycles. The molecule has 12 nitrogen and oxygen atoms in total. The quantitative estimate of drug-likeness (QED) is 0.368. The molecule has 2 heterocycles. The van der Waals surface area contributed by atoms with Crippen LogP contribution in [-0.4, -0.2) is 67.1 Å². The lowest BCUT2D eigenvalue weighted by Gasteiger charge is -2.15. The first-order chi connectivity index (χ1) is 17.1. The van der Waals surface area contributed by atoms with Gasteiger partial charge in [0, 0.05) is 0 Å². The minimum atomic E-state index is -4.78. The van der Waals surface area contributed by atoms with Crippen molar-refractivity contribution in [2.45, 2.75) is 6.18 Å². The fraction of sp³-hybridized carbons (Fsp3) is 0.286. The Kier molecular flexibility index (Phi) is 8.14. The first kappa shape index (κ1) is 26.1. The zero-order chi connectivity index (χ0) is 26.3. The molecule has 0 saturated carbocycles. The lowest BCUT2D eigenvalue weighted by atomic mass is 10.2. The number of nitrogens with zero attached hydrogens (tertiary/aromatic N) is 4. The monoisotopic (exact) mass is 512 g/mol. The Balaban J connectivity index is 2.06. The molecule has 2 aromatic heterocycles. The van der Waals surface area contributed by atoms with E-state index in [-0.39, 0.29) is 47.0 Å². The van der Waals surface area contributed by atoms with E-state index < -0.39 is 24.3 Å². The molecule has 0 aliphatic heterocycles. The smallest absolute Gasteiger partial charge is 0.422 e. The van der Waals surface area contributed by atoms with Gasteiger partial charge in [0.05, 0.1) is 40.6 Å². The highest BCUT2D eigenvalue weighted by molar-refractivity contribution is 5.95. The van der Waals surface area contributed by atoms with E-state index in [2.05, 4.69) is 24.7 Å². The van der Waals surface area contributed by atoms with Gasteiger partial charge in [0.15, 0.2) is 6.61 Å². The third-order valence-corrected chi connectivity index (χ3v) is 4.12. The van der Waals surface area contributed by atoms with Crippen LogP contribution in [0.3, 0.4) is 0 Å².